The second-order valence-corrected chi connectivity index (χ2v) is 5.11. The third-order valence-corrected chi connectivity index (χ3v) is 3.36. The molecule has 3 N–H and O–H groups in total. The van der Waals surface area contributed by atoms with Crippen molar-refractivity contribution in [3.05, 3.63) is 51.5 Å². The number of benzene rings is 2. The third kappa shape index (κ3) is 2.93. The maximum Gasteiger partial charge on any atom is 0.0661 e. The molecule has 0 unspecified atom stereocenters. The van der Waals surface area contributed by atoms with Gasteiger partial charge in [-0.15, -0.1) is 0 Å². The maximum atomic E-state index is 6.11. The summed E-state index contributed by atoms with van der Waals surface area (Å²) in [7, 11) is 0. The summed E-state index contributed by atoms with van der Waals surface area (Å²) in [4.78, 5) is 0. The predicted molar refractivity (Wildman–Crippen MR) is 78.0 cm³/mol. The van der Waals surface area contributed by atoms with Gasteiger partial charge in [0.2, 0.25) is 0 Å². The SMILES string of the molecule is Cc1ccc(Nc2ccc(N)cc2Cl)c(Br)c1. The average Bonchev–Trinajstić information content (AvgIpc) is 2.25. The summed E-state index contributed by atoms with van der Waals surface area (Å²) in [5.74, 6) is 0. The molecule has 0 radical (unpaired) electrons. The number of rotatable bonds is 2. The van der Waals surface area contributed by atoms with Gasteiger partial charge in [0.1, 0.15) is 0 Å². The number of aryl methyl sites for hydroxylation is 1. The molecular weight excluding hydrogens is 300 g/mol. The van der Waals surface area contributed by atoms with Gasteiger partial charge in [0, 0.05) is 10.2 Å². The molecular formula is C13H12BrClN2. The molecule has 0 saturated carbocycles. The van der Waals surface area contributed by atoms with Crippen molar-refractivity contribution in [1.82, 2.24) is 0 Å². The maximum absolute atomic E-state index is 6.11. The molecule has 0 bridgehead atoms. The van der Waals surface area contributed by atoms with Crippen LogP contribution in [-0.4, -0.2) is 0 Å². The fraction of sp³-hybridized carbons (Fsp3) is 0.0769. The number of anilines is 3. The molecule has 2 rings (SSSR count). The molecule has 0 heterocycles. The summed E-state index contributed by atoms with van der Waals surface area (Å²) in [6.45, 7) is 2.05. The molecule has 0 aliphatic carbocycles. The lowest BCUT2D eigenvalue weighted by Crippen LogP contribution is -1.94. The normalized spacial score (nSPS) is 10.3. The second kappa shape index (κ2) is 4.98. The van der Waals surface area contributed by atoms with E-state index in [2.05, 4.69) is 21.2 Å². The molecule has 4 heteroatoms. The highest BCUT2D eigenvalue weighted by Crippen LogP contribution is 2.31. The molecule has 0 fully saturated rings. The number of nitrogens with one attached hydrogen (secondary N) is 1. The van der Waals surface area contributed by atoms with Crippen molar-refractivity contribution < 1.29 is 0 Å². The lowest BCUT2D eigenvalue weighted by Gasteiger charge is -2.11. The fourth-order valence-corrected chi connectivity index (χ4v) is 2.33. The first-order chi connectivity index (χ1) is 8.06. The van der Waals surface area contributed by atoms with Crippen LogP contribution >= 0.6 is 27.5 Å². The highest BCUT2D eigenvalue weighted by atomic mass is 79.9. The molecule has 0 saturated heterocycles. The molecule has 17 heavy (non-hydrogen) atoms. The lowest BCUT2D eigenvalue weighted by molar-refractivity contribution is 1.43. The number of nitrogen functional groups attached to an aromatic ring is 1. The molecule has 0 spiro atoms. The van der Waals surface area contributed by atoms with Crippen LogP contribution < -0.4 is 11.1 Å². The van der Waals surface area contributed by atoms with Gasteiger partial charge in [0.05, 0.1) is 16.4 Å². The zero-order chi connectivity index (χ0) is 12.4. The van der Waals surface area contributed by atoms with Crippen molar-refractivity contribution in [3.8, 4) is 0 Å². The van der Waals surface area contributed by atoms with Crippen molar-refractivity contribution in [3.63, 3.8) is 0 Å². The van der Waals surface area contributed by atoms with Crippen LogP contribution in [0.3, 0.4) is 0 Å². The van der Waals surface area contributed by atoms with Crippen molar-refractivity contribution in [2.45, 2.75) is 6.92 Å². The quantitative estimate of drug-likeness (QED) is 0.786. The minimum Gasteiger partial charge on any atom is -0.399 e. The Morgan fingerprint density at radius 2 is 1.82 bits per heavy atom. The molecule has 88 valence electrons. The van der Waals surface area contributed by atoms with E-state index in [1.165, 1.54) is 5.56 Å². The second-order valence-electron chi connectivity index (χ2n) is 3.85. The van der Waals surface area contributed by atoms with E-state index in [1.807, 2.05) is 37.3 Å². The zero-order valence-corrected chi connectivity index (χ0v) is 11.6. The van der Waals surface area contributed by atoms with Crippen LogP contribution in [0.1, 0.15) is 5.56 Å². The van der Waals surface area contributed by atoms with Crippen molar-refractivity contribution in [1.29, 1.82) is 0 Å². The third-order valence-electron chi connectivity index (χ3n) is 2.39. The highest BCUT2D eigenvalue weighted by molar-refractivity contribution is 9.10. The Labute approximate surface area is 114 Å². The Kier molecular flexibility index (Phi) is 3.60. The first-order valence-electron chi connectivity index (χ1n) is 5.14. The van der Waals surface area contributed by atoms with E-state index in [9.17, 15) is 0 Å². The summed E-state index contributed by atoms with van der Waals surface area (Å²) in [6.07, 6.45) is 0. The first-order valence-corrected chi connectivity index (χ1v) is 6.31. The molecule has 0 amide bonds. The van der Waals surface area contributed by atoms with Gasteiger partial charge in [0.15, 0.2) is 0 Å². The Hall–Kier alpha value is -1.19. The fourth-order valence-electron chi connectivity index (χ4n) is 1.50. The number of halogens is 2. The Morgan fingerprint density at radius 1 is 1.12 bits per heavy atom. The summed E-state index contributed by atoms with van der Waals surface area (Å²) in [5.41, 5.74) is 9.32. The van der Waals surface area contributed by atoms with E-state index in [4.69, 9.17) is 17.3 Å². The van der Waals surface area contributed by atoms with Crippen LogP contribution in [0.15, 0.2) is 40.9 Å². The van der Waals surface area contributed by atoms with Gasteiger partial charge in [0.25, 0.3) is 0 Å². The standard InChI is InChI=1S/C13H12BrClN2/c1-8-2-4-12(10(14)6-8)17-13-5-3-9(16)7-11(13)15/h2-7,17H,16H2,1H3. The first kappa shape index (κ1) is 12.3. The lowest BCUT2D eigenvalue weighted by atomic mass is 10.2. The highest BCUT2D eigenvalue weighted by Gasteiger charge is 2.04. The van der Waals surface area contributed by atoms with E-state index in [0.29, 0.717) is 10.7 Å². The van der Waals surface area contributed by atoms with Gasteiger partial charge >= 0.3 is 0 Å². The molecule has 2 aromatic rings. The van der Waals surface area contributed by atoms with Crippen LogP contribution in [-0.2, 0) is 0 Å². The van der Waals surface area contributed by atoms with Gasteiger partial charge < -0.3 is 11.1 Å². The topological polar surface area (TPSA) is 38.0 Å². The Balaban J connectivity index is 2.31. The molecule has 0 aliphatic rings. The molecule has 0 aromatic heterocycles. The summed E-state index contributed by atoms with van der Waals surface area (Å²) < 4.78 is 1.00. The van der Waals surface area contributed by atoms with E-state index in [1.54, 1.807) is 6.07 Å². The number of hydrogen-bond donors (Lipinski definition) is 2. The summed E-state index contributed by atoms with van der Waals surface area (Å²) >= 11 is 9.62. The Morgan fingerprint density at radius 3 is 2.47 bits per heavy atom. The van der Waals surface area contributed by atoms with E-state index < -0.39 is 0 Å². The van der Waals surface area contributed by atoms with Crippen LogP contribution in [0.5, 0.6) is 0 Å². The Bertz CT molecular complexity index is 506. The summed E-state index contributed by atoms with van der Waals surface area (Å²) in [5, 5.41) is 3.87. The van der Waals surface area contributed by atoms with Crippen LogP contribution in [0.25, 0.3) is 0 Å². The van der Waals surface area contributed by atoms with Gasteiger partial charge in [-0.2, -0.15) is 0 Å². The summed E-state index contributed by atoms with van der Waals surface area (Å²) in [6, 6.07) is 11.5. The van der Waals surface area contributed by atoms with E-state index >= 15 is 0 Å². The van der Waals surface area contributed by atoms with Gasteiger partial charge in [-0.05, 0) is 58.7 Å². The molecule has 0 atom stereocenters. The minimum atomic E-state index is 0.609. The van der Waals surface area contributed by atoms with Crippen LogP contribution in [0, 0.1) is 6.92 Å². The van der Waals surface area contributed by atoms with Gasteiger partial charge in [-0.1, -0.05) is 17.7 Å². The van der Waals surface area contributed by atoms with E-state index in [0.717, 1.165) is 15.8 Å². The van der Waals surface area contributed by atoms with Gasteiger partial charge in [-0.25, -0.2) is 0 Å². The number of nitrogens with two attached hydrogens (primary N) is 1. The van der Waals surface area contributed by atoms with Crippen molar-refractivity contribution in [2.24, 2.45) is 0 Å². The van der Waals surface area contributed by atoms with Crippen molar-refractivity contribution >= 4 is 44.6 Å². The predicted octanol–water partition coefficient (Wildman–Crippen LogP) is 4.74. The molecule has 2 aromatic carbocycles. The van der Waals surface area contributed by atoms with Crippen LogP contribution in [0.2, 0.25) is 5.02 Å². The molecule has 0 aliphatic heterocycles. The van der Waals surface area contributed by atoms with Crippen LogP contribution in [0.4, 0.5) is 17.1 Å². The van der Waals surface area contributed by atoms with Gasteiger partial charge in [-0.3, -0.25) is 0 Å². The monoisotopic (exact) mass is 310 g/mol. The average molecular weight is 312 g/mol. The zero-order valence-electron chi connectivity index (χ0n) is 9.30. The van der Waals surface area contributed by atoms with Crippen molar-refractivity contribution in [2.75, 3.05) is 11.1 Å². The minimum absolute atomic E-state index is 0.609. The smallest absolute Gasteiger partial charge is 0.0661 e. The van der Waals surface area contributed by atoms with E-state index in [-0.39, 0.29) is 0 Å². The molecule has 2 nitrogen and oxygen atoms in total. The number of hydrogen-bond acceptors (Lipinski definition) is 2. The largest absolute Gasteiger partial charge is 0.399 e.